The second kappa shape index (κ2) is 8.02. The van der Waals surface area contributed by atoms with Crippen LogP contribution in [0.2, 0.25) is 5.02 Å². The van der Waals surface area contributed by atoms with E-state index in [0.717, 1.165) is 23.1 Å². The molecule has 0 saturated carbocycles. The second-order valence-corrected chi connectivity index (χ2v) is 7.09. The summed E-state index contributed by atoms with van der Waals surface area (Å²) in [5.41, 5.74) is 1.28. The summed E-state index contributed by atoms with van der Waals surface area (Å²) in [6.45, 7) is 3.33. The predicted molar refractivity (Wildman–Crippen MR) is 100.0 cm³/mol. The van der Waals surface area contributed by atoms with Crippen molar-refractivity contribution in [1.29, 1.82) is 0 Å². The van der Waals surface area contributed by atoms with Crippen molar-refractivity contribution < 1.29 is 4.74 Å². The minimum absolute atomic E-state index is 0.669. The number of benzene rings is 2. The summed E-state index contributed by atoms with van der Waals surface area (Å²) in [6, 6.07) is 16.5. The van der Waals surface area contributed by atoms with E-state index in [1.807, 2.05) is 30.3 Å². The molecule has 0 aliphatic carbocycles. The van der Waals surface area contributed by atoms with Crippen LogP contribution in [0.3, 0.4) is 0 Å². The maximum atomic E-state index is 5.93. The molecule has 128 valence electrons. The molecule has 1 fully saturated rings. The van der Waals surface area contributed by atoms with Crippen molar-refractivity contribution in [1.82, 2.24) is 9.80 Å². The topological polar surface area (TPSA) is 15.7 Å². The van der Waals surface area contributed by atoms with Gasteiger partial charge in [-0.05, 0) is 82.0 Å². The summed E-state index contributed by atoms with van der Waals surface area (Å²) in [6.07, 6.45) is 2.49. The molecule has 3 rings (SSSR count). The Labute approximate surface area is 149 Å². The fraction of sp³-hybridized carbons (Fsp3) is 0.400. The van der Waals surface area contributed by atoms with Gasteiger partial charge < -0.3 is 9.64 Å². The summed E-state index contributed by atoms with van der Waals surface area (Å²) in [4.78, 5) is 4.87. The fourth-order valence-corrected chi connectivity index (χ4v) is 3.32. The van der Waals surface area contributed by atoms with Crippen molar-refractivity contribution in [2.45, 2.75) is 25.4 Å². The lowest BCUT2D eigenvalue weighted by molar-refractivity contribution is 0.139. The monoisotopic (exact) mass is 344 g/mol. The summed E-state index contributed by atoms with van der Waals surface area (Å²) < 4.78 is 5.93. The molecule has 3 nitrogen and oxygen atoms in total. The van der Waals surface area contributed by atoms with E-state index >= 15 is 0 Å². The Kier molecular flexibility index (Phi) is 5.77. The molecule has 2 aromatic rings. The highest BCUT2D eigenvalue weighted by atomic mass is 35.5. The van der Waals surface area contributed by atoms with Crippen LogP contribution in [0.15, 0.2) is 48.5 Å². The van der Waals surface area contributed by atoms with Crippen LogP contribution < -0.4 is 4.74 Å². The van der Waals surface area contributed by atoms with E-state index in [1.165, 1.54) is 31.5 Å². The standard InChI is InChI=1S/C20H25ClN2O/c1-22-12-10-18(11-13-22)23(2)15-16-4-3-5-20(14-16)24-19-8-6-17(21)7-9-19/h3-9,14,18H,10-13,15H2,1-2H3. The van der Waals surface area contributed by atoms with Gasteiger partial charge in [-0.3, -0.25) is 4.90 Å². The Bertz CT molecular complexity index is 651. The predicted octanol–water partition coefficient (Wildman–Crippen LogP) is 4.66. The number of hydrogen-bond donors (Lipinski definition) is 0. The minimum atomic E-state index is 0.669. The molecule has 4 heteroatoms. The zero-order chi connectivity index (χ0) is 16.9. The van der Waals surface area contributed by atoms with Gasteiger partial charge >= 0.3 is 0 Å². The van der Waals surface area contributed by atoms with Crippen molar-refractivity contribution in [3.05, 3.63) is 59.1 Å². The van der Waals surface area contributed by atoms with E-state index in [-0.39, 0.29) is 0 Å². The number of halogens is 1. The molecule has 0 N–H and O–H groups in total. The normalized spacial score (nSPS) is 16.5. The highest BCUT2D eigenvalue weighted by Crippen LogP contribution is 2.25. The summed E-state index contributed by atoms with van der Waals surface area (Å²) >= 11 is 5.92. The van der Waals surface area contributed by atoms with Crippen LogP contribution in [0.5, 0.6) is 11.5 Å². The van der Waals surface area contributed by atoms with E-state index in [9.17, 15) is 0 Å². The largest absolute Gasteiger partial charge is 0.457 e. The summed E-state index contributed by atoms with van der Waals surface area (Å²) in [5, 5.41) is 0.718. The average Bonchev–Trinajstić information content (AvgIpc) is 2.58. The third-order valence-corrected chi connectivity index (χ3v) is 4.94. The lowest BCUT2D eigenvalue weighted by Crippen LogP contribution is -2.41. The average molecular weight is 345 g/mol. The van der Waals surface area contributed by atoms with Crippen LogP contribution in [0.4, 0.5) is 0 Å². The van der Waals surface area contributed by atoms with Gasteiger partial charge in [0.2, 0.25) is 0 Å². The van der Waals surface area contributed by atoms with Crippen molar-refractivity contribution in [3.8, 4) is 11.5 Å². The molecule has 0 atom stereocenters. The molecule has 24 heavy (non-hydrogen) atoms. The smallest absolute Gasteiger partial charge is 0.127 e. The first kappa shape index (κ1) is 17.3. The number of nitrogens with zero attached hydrogens (tertiary/aromatic N) is 2. The lowest BCUT2D eigenvalue weighted by atomic mass is 10.0. The van der Waals surface area contributed by atoms with Gasteiger partial charge in [-0.15, -0.1) is 0 Å². The van der Waals surface area contributed by atoms with Crippen LogP contribution in [0.25, 0.3) is 0 Å². The molecule has 0 radical (unpaired) electrons. The molecule has 1 aliphatic heterocycles. The van der Waals surface area contributed by atoms with Crippen LogP contribution in [0.1, 0.15) is 18.4 Å². The van der Waals surface area contributed by atoms with E-state index in [4.69, 9.17) is 16.3 Å². The highest BCUT2D eigenvalue weighted by Gasteiger charge is 2.20. The van der Waals surface area contributed by atoms with E-state index < -0.39 is 0 Å². The van der Waals surface area contributed by atoms with Crippen LogP contribution in [-0.4, -0.2) is 43.0 Å². The Morgan fingerprint density at radius 2 is 1.79 bits per heavy atom. The molecule has 0 spiro atoms. The third-order valence-electron chi connectivity index (χ3n) is 4.69. The zero-order valence-electron chi connectivity index (χ0n) is 14.4. The first-order valence-electron chi connectivity index (χ1n) is 8.51. The maximum absolute atomic E-state index is 5.93. The Hall–Kier alpha value is -1.55. The lowest BCUT2D eigenvalue weighted by Gasteiger charge is -2.35. The molecule has 1 heterocycles. The molecule has 2 aromatic carbocycles. The zero-order valence-corrected chi connectivity index (χ0v) is 15.2. The van der Waals surface area contributed by atoms with Crippen molar-refractivity contribution >= 4 is 11.6 Å². The van der Waals surface area contributed by atoms with Crippen molar-refractivity contribution in [2.75, 3.05) is 27.2 Å². The van der Waals surface area contributed by atoms with Crippen molar-refractivity contribution in [3.63, 3.8) is 0 Å². The quantitative estimate of drug-likeness (QED) is 0.784. The number of likely N-dealkylation sites (tertiary alicyclic amines) is 1. The van der Waals surface area contributed by atoms with Gasteiger partial charge in [0.05, 0.1) is 0 Å². The minimum Gasteiger partial charge on any atom is -0.457 e. The Morgan fingerprint density at radius 3 is 2.50 bits per heavy atom. The second-order valence-electron chi connectivity index (χ2n) is 6.65. The first-order chi connectivity index (χ1) is 11.6. The first-order valence-corrected chi connectivity index (χ1v) is 8.89. The Morgan fingerprint density at radius 1 is 1.08 bits per heavy atom. The van der Waals surface area contributed by atoms with Gasteiger partial charge in [-0.25, -0.2) is 0 Å². The third kappa shape index (κ3) is 4.73. The summed E-state index contributed by atoms with van der Waals surface area (Å²) in [5.74, 6) is 1.67. The fourth-order valence-electron chi connectivity index (χ4n) is 3.20. The number of ether oxygens (including phenoxy) is 1. The van der Waals surface area contributed by atoms with Gasteiger partial charge in [-0.2, -0.15) is 0 Å². The molecular formula is C20H25ClN2O. The molecule has 0 aromatic heterocycles. The van der Waals surface area contributed by atoms with Gasteiger partial charge in [0.15, 0.2) is 0 Å². The van der Waals surface area contributed by atoms with E-state index in [2.05, 4.69) is 42.1 Å². The van der Waals surface area contributed by atoms with Gasteiger partial charge in [0.1, 0.15) is 11.5 Å². The SMILES string of the molecule is CN1CCC(N(C)Cc2cccc(Oc3ccc(Cl)cc3)c2)CC1. The molecule has 1 saturated heterocycles. The van der Waals surface area contributed by atoms with Gasteiger partial charge in [0, 0.05) is 17.6 Å². The van der Waals surface area contributed by atoms with E-state index in [0.29, 0.717) is 6.04 Å². The molecule has 0 bridgehead atoms. The van der Waals surface area contributed by atoms with Gasteiger partial charge in [-0.1, -0.05) is 23.7 Å². The number of rotatable bonds is 5. The van der Waals surface area contributed by atoms with Crippen LogP contribution >= 0.6 is 11.6 Å². The van der Waals surface area contributed by atoms with Crippen LogP contribution in [-0.2, 0) is 6.54 Å². The van der Waals surface area contributed by atoms with Crippen molar-refractivity contribution in [2.24, 2.45) is 0 Å². The molecular weight excluding hydrogens is 320 g/mol. The Balaban J connectivity index is 1.61. The van der Waals surface area contributed by atoms with Crippen LogP contribution in [0, 0.1) is 0 Å². The highest BCUT2D eigenvalue weighted by molar-refractivity contribution is 6.30. The number of hydrogen-bond acceptors (Lipinski definition) is 3. The van der Waals surface area contributed by atoms with E-state index in [1.54, 1.807) is 0 Å². The maximum Gasteiger partial charge on any atom is 0.127 e. The number of piperidine rings is 1. The molecule has 0 amide bonds. The molecule has 1 aliphatic rings. The summed E-state index contributed by atoms with van der Waals surface area (Å²) in [7, 11) is 4.43. The molecule has 0 unspecified atom stereocenters. The van der Waals surface area contributed by atoms with Gasteiger partial charge in [0.25, 0.3) is 0 Å².